The molecule has 0 amide bonds. The van der Waals surface area contributed by atoms with Crippen molar-refractivity contribution in [2.75, 3.05) is 0 Å². The summed E-state index contributed by atoms with van der Waals surface area (Å²) in [5.41, 5.74) is -2.62. The van der Waals surface area contributed by atoms with Gasteiger partial charge in [0.1, 0.15) is 5.92 Å². The van der Waals surface area contributed by atoms with Crippen LogP contribution in [0.1, 0.15) is 155 Å². The zero-order valence-electron chi connectivity index (χ0n) is 24.0. The van der Waals surface area contributed by atoms with Gasteiger partial charge in [0.2, 0.25) is 5.60 Å². The van der Waals surface area contributed by atoms with Gasteiger partial charge < -0.3 is 20.1 Å². The molecule has 8 heteroatoms. The summed E-state index contributed by atoms with van der Waals surface area (Å²) in [4.78, 5) is 48.2. The van der Waals surface area contributed by atoms with Gasteiger partial charge in [-0.25, -0.2) is 4.79 Å². The van der Waals surface area contributed by atoms with Gasteiger partial charge in [-0.2, -0.15) is 0 Å². The van der Waals surface area contributed by atoms with Crippen LogP contribution in [0.25, 0.3) is 0 Å². The van der Waals surface area contributed by atoms with E-state index < -0.39 is 41.8 Å². The van der Waals surface area contributed by atoms with E-state index in [9.17, 15) is 34.5 Å². The van der Waals surface area contributed by atoms with Gasteiger partial charge in [0, 0.05) is 6.42 Å². The van der Waals surface area contributed by atoms with Crippen molar-refractivity contribution in [3.63, 3.8) is 0 Å². The number of ether oxygens (including phenoxy) is 1. The molecule has 0 rings (SSSR count). The Balaban J connectivity index is 4.64. The molecule has 3 N–H and O–H groups in total. The normalized spacial score (nSPS) is 13.5. The van der Waals surface area contributed by atoms with Crippen LogP contribution >= 0.6 is 0 Å². The van der Waals surface area contributed by atoms with Gasteiger partial charge in [-0.1, -0.05) is 129 Å². The van der Waals surface area contributed by atoms with Crippen LogP contribution in [0.3, 0.4) is 0 Å². The SMILES string of the molecule is CCCCCCCCCCCCCCCCC(C(=O)O)C(CC(=O)O)(OC(=O)CCCCCCC)C(=O)O. The van der Waals surface area contributed by atoms with Crippen molar-refractivity contribution in [2.24, 2.45) is 5.92 Å². The Kier molecular flexibility index (Phi) is 21.6. The monoisotopic (exact) mass is 542 g/mol. The Morgan fingerprint density at radius 2 is 1.00 bits per heavy atom. The molecule has 0 saturated carbocycles. The predicted molar refractivity (Wildman–Crippen MR) is 148 cm³/mol. The van der Waals surface area contributed by atoms with Crippen LogP contribution in [0.5, 0.6) is 0 Å². The summed E-state index contributed by atoms with van der Waals surface area (Å²) in [6.07, 6.45) is 18.8. The number of carbonyl (C=O) groups is 4. The highest BCUT2D eigenvalue weighted by molar-refractivity contribution is 5.92. The smallest absolute Gasteiger partial charge is 0.349 e. The largest absolute Gasteiger partial charge is 0.481 e. The highest BCUT2D eigenvalue weighted by Crippen LogP contribution is 2.33. The third-order valence-corrected chi connectivity index (χ3v) is 7.26. The number of rotatable bonds is 27. The van der Waals surface area contributed by atoms with Crippen LogP contribution in [-0.2, 0) is 23.9 Å². The lowest BCUT2D eigenvalue weighted by molar-refractivity contribution is -0.195. The van der Waals surface area contributed by atoms with Crippen LogP contribution in [0.2, 0.25) is 0 Å². The first-order valence-corrected chi connectivity index (χ1v) is 15.1. The molecular weight excluding hydrogens is 488 g/mol. The maximum absolute atomic E-state index is 12.4. The van der Waals surface area contributed by atoms with Crippen molar-refractivity contribution >= 4 is 23.9 Å². The molecule has 0 aromatic rings. The molecule has 0 spiro atoms. The van der Waals surface area contributed by atoms with Gasteiger partial charge in [-0.05, 0) is 12.8 Å². The van der Waals surface area contributed by atoms with E-state index in [4.69, 9.17) is 4.74 Å². The zero-order valence-corrected chi connectivity index (χ0v) is 24.0. The minimum absolute atomic E-state index is 0.0588. The standard InChI is InChI=1S/C30H54O8/c1-3-5-7-9-10-11-12-13-14-15-16-17-19-20-22-25(28(34)35)30(29(36)37,24-26(31)32)38-27(33)23-21-18-8-6-4-2/h25H,3-24H2,1-2H3,(H,31,32)(H,34,35)(H,36,37). The van der Waals surface area contributed by atoms with E-state index in [-0.39, 0.29) is 12.8 Å². The highest BCUT2D eigenvalue weighted by atomic mass is 16.6. The van der Waals surface area contributed by atoms with Crippen LogP contribution in [0, 0.1) is 5.92 Å². The van der Waals surface area contributed by atoms with Crippen molar-refractivity contribution in [3.05, 3.63) is 0 Å². The number of carbonyl (C=O) groups excluding carboxylic acids is 1. The number of unbranched alkanes of at least 4 members (excludes halogenated alkanes) is 17. The Morgan fingerprint density at radius 1 is 0.605 bits per heavy atom. The van der Waals surface area contributed by atoms with Gasteiger partial charge in [0.15, 0.2) is 0 Å². The molecule has 0 heterocycles. The minimum atomic E-state index is -2.62. The Labute approximate surface area is 229 Å². The second-order valence-corrected chi connectivity index (χ2v) is 10.7. The predicted octanol–water partition coefficient (Wildman–Crippen LogP) is 7.76. The number of hydrogen-bond acceptors (Lipinski definition) is 5. The van der Waals surface area contributed by atoms with Crippen LogP contribution in [0.15, 0.2) is 0 Å². The second-order valence-electron chi connectivity index (χ2n) is 10.7. The first-order chi connectivity index (χ1) is 18.2. The lowest BCUT2D eigenvalue weighted by Crippen LogP contribution is -2.54. The lowest BCUT2D eigenvalue weighted by Gasteiger charge is -2.33. The quantitative estimate of drug-likeness (QED) is 0.0707. The number of esters is 1. The number of hydrogen-bond donors (Lipinski definition) is 3. The first kappa shape index (κ1) is 35.9. The molecule has 0 radical (unpaired) electrons. The molecular formula is C30H54O8. The first-order valence-electron chi connectivity index (χ1n) is 15.1. The highest BCUT2D eigenvalue weighted by Gasteiger charge is 2.54. The van der Waals surface area contributed by atoms with E-state index in [1.807, 2.05) is 0 Å². The molecule has 0 aliphatic heterocycles. The summed E-state index contributed by atoms with van der Waals surface area (Å²) in [5.74, 6) is -7.19. The summed E-state index contributed by atoms with van der Waals surface area (Å²) >= 11 is 0. The number of carboxylic acid groups (broad SMARTS) is 3. The lowest BCUT2D eigenvalue weighted by atomic mass is 9.80. The van der Waals surface area contributed by atoms with Crippen LogP contribution in [-0.4, -0.2) is 44.8 Å². The maximum atomic E-state index is 12.4. The average molecular weight is 543 g/mol. The molecule has 0 fully saturated rings. The molecule has 0 aliphatic carbocycles. The van der Waals surface area contributed by atoms with E-state index in [1.54, 1.807) is 0 Å². The third kappa shape index (κ3) is 16.7. The minimum Gasteiger partial charge on any atom is -0.481 e. The maximum Gasteiger partial charge on any atom is 0.349 e. The van der Waals surface area contributed by atoms with E-state index in [2.05, 4.69) is 13.8 Å². The fourth-order valence-corrected chi connectivity index (χ4v) is 4.95. The Morgan fingerprint density at radius 3 is 1.37 bits per heavy atom. The second kappa shape index (κ2) is 22.8. The van der Waals surface area contributed by atoms with Crippen molar-refractivity contribution < 1.29 is 39.2 Å². The van der Waals surface area contributed by atoms with Gasteiger partial charge in [-0.15, -0.1) is 0 Å². The summed E-state index contributed by atoms with van der Waals surface area (Å²) < 4.78 is 5.21. The number of carboxylic acids is 3. The van der Waals surface area contributed by atoms with Crippen LogP contribution in [0.4, 0.5) is 0 Å². The van der Waals surface area contributed by atoms with Crippen molar-refractivity contribution in [2.45, 2.75) is 161 Å². The van der Waals surface area contributed by atoms with Gasteiger partial charge in [-0.3, -0.25) is 14.4 Å². The van der Waals surface area contributed by atoms with E-state index in [1.165, 1.54) is 57.8 Å². The topological polar surface area (TPSA) is 138 Å². The summed E-state index contributed by atoms with van der Waals surface area (Å²) in [7, 11) is 0. The number of aliphatic carboxylic acids is 3. The molecule has 0 bridgehead atoms. The van der Waals surface area contributed by atoms with Crippen molar-refractivity contribution in [1.82, 2.24) is 0 Å². The Bertz CT molecular complexity index is 663. The average Bonchev–Trinajstić information content (AvgIpc) is 2.85. The Hall–Kier alpha value is -2.12. The zero-order chi connectivity index (χ0) is 28.7. The van der Waals surface area contributed by atoms with E-state index in [0.29, 0.717) is 12.8 Å². The molecule has 0 aromatic heterocycles. The third-order valence-electron chi connectivity index (χ3n) is 7.26. The fourth-order valence-electron chi connectivity index (χ4n) is 4.95. The molecule has 222 valence electrons. The summed E-state index contributed by atoms with van der Waals surface area (Å²) in [5, 5.41) is 29.1. The molecule has 8 nitrogen and oxygen atoms in total. The molecule has 2 unspecified atom stereocenters. The fraction of sp³-hybridized carbons (Fsp3) is 0.867. The molecule has 38 heavy (non-hydrogen) atoms. The van der Waals surface area contributed by atoms with Crippen molar-refractivity contribution in [1.29, 1.82) is 0 Å². The van der Waals surface area contributed by atoms with Gasteiger partial charge in [0.05, 0.1) is 6.42 Å². The van der Waals surface area contributed by atoms with Crippen molar-refractivity contribution in [3.8, 4) is 0 Å². The van der Waals surface area contributed by atoms with Crippen LogP contribution < -0.4 is 0 Å². The summed E-state index contributed by atoms with van der Waals surface area (Å²) in [6.45, 7) is 4.28. The molecule has 0 aromatic carbocycles. The molecule has 0 aliphatic rings. The molecule has 0 saturated heterocycles. The van der Waals surface area contributed by atoms with E-state index in [0.717, 1.165) is 51.4 Å². The summed E-state index contributed by atoms with van der Waals surface area (Å²) in [6, 6.07) is 0. The van der Waals surface area contributed by atoms with Gasteiger partial charge in [0.25, 0.3) is 0 Å². The van der Waals surface area contributed by atoms with Gasteiger partial charge >= 0.3 is 23.9 Å². The van der Waals surface area contributed by atoms with E-state index >= 15 is 0 Å². The molecule has 2 atom stereocenters.